The first kappa shape index (κ1) is 22.2. The number of hydrogen-bond donors (Lipinski definition) is 3. The Balaban J connectivity index is 1.70. The minimum atomic E-state index is -2.02. The Morgan fingerprint density at radius 1 is 1.40 bits per heavy atom. The SMILES string of the molecule is Nc1ccn([C@@H]2O[C@](CCl)(COC(=O)[C@@H](N)Cc3ccccc3)[C@@H](O)[C@@H]2F)c(=O)n1. The molecule has 0 saturated carbocycles. The molecule has 1 fully saturated rings. The van der Waals surface area contributed by atoms with E-state index in [-0.39, 0.29) is 12.2 Å². The number of halogens is 2. The van der Waals surface area contributed by atoms with Crippen LogP contribution in [0.15, 0.2) is 47.4 Å². The second-order valence-corrected chi connectivity index (χ2v) is 7.31. The van der Waals surface area contributed by atoms with Crippen molar-refractivity contribution in [3.05, 3.63) is 58.6 Å². The predicted molar refractivity (Wildman–Crippen MR) is 106 cm³/mol. The molecule has 2 heterocycles. The van der Waals surface area contributed by atoms with Crippen molar-refractivity contribution in [2.75, 3.05) is 18.2 Å². The Morgan fingerprint density at radius 3 is 2.73 bits per heavy atom. The van der Waals surface area contributed by atoms with Crippen LogP contribution in [-0.2, 0) is 20.7 Å². The zero-order valence-electron chi connectivity index (χ0n) is 15.9. The number of hydrogen-bond acceptors (Lipinski definition) is 8. The highest BCUT2D eigenvalue weighted by atomic mass is 35.5. The average molecular weight is 441 g/mol. The van der Waals surface area contributed by atoms with Gasteiger partial charge in [0.05, 0.1) is 5.88 Å². The van der Waals surface area contributed by atoms with Crippen LogP contribution >= 0.6 is 11.6 Å². The summed E-state index contributed by atoms with van der Waals surface area (Å²) < 4.78 is 26.4. The molecule has 3 rings (SSSR count). The number of benzene rings is 1. The summed E-state index contributed by atoms with van der Waals surface area (Å²) in [5.74, 6) is -1.21. The van der Waals surface area contributed by atoms with Gasteiger partial charge in [0, 0.05) is 6.20 Å². The number of rotatable bonds is 7. The fourth-order valence-electron chi connectivity index (χ4n) is 3.17. The summed E-state index contributed by atoms with van der Waals surface area (Å²) >= 11 is 5.94. The van der Waals surface area contributed by atoms with Crippen molar-refractivity contribution < 1.29 is 23.8 Å². The van der Waals surface area contributed by atoms with Crippen LogP contribution in [0.3, 0.4) is 0 Å². The van der Waals surface area contributed by atoms with Gasteiger partial charge in [-0.05, 0) is 18.1 Å². The van der Waals surface area contributed by atoms with Crippen molar-refractivity contribution in [1.82, 2.24) is 9.55 Å². The summed E-state index contributed by atoms with van der Waals surface area (Å²) in [7, 11) is 0. The van der Waals surface area contributed by atoms with Crippen molar-refractivity contribution in [2.24, 2.45) is 5.73 Å². The molecule has 0 amide bonds. The molecule has 2 aromatic rings. The first-order valence-electron chi connectivity index (χ1n) is 9.14. The highest BCUT2D eigenvalue weighted by Crippen LogP contribution is 2.39. The largest absolute Gasteiger partial charge is 0.461 e. The van der Waals surface area contributed by atoms with E-state index in [1.54, 1.807) is 0 Å². The van der Waals surface area contributed by atoms with Gasteiger partial charge in [0.25, 0.3) is 0 Å². The van der Waals surface area contributed by atoms with Crippen molar-refractivity contribution in [1.29, 1.82) is 0 Å². The molecule has 9 nitrogen and oxygen atoms in total. The number of ether oxygens (including phenoxy) is 2. The minimum absolute atomic E-state index is 0.0462. The number of nitrogens with two attached hydrogens (primary N) is 2. The third-order valence-electron chi connectivity index (χ3n) is 4.88. The lowest BCUT2D eigenvalue weighted by atomic mass is 9.99. The maximum absolute atomic E-state index is 14.8. The van der Waals surface area contributed by atoms with E-state index in [0.29, 0.717) is 0 Å². The molecule has 0 aliphatic carbocycles. The van der Waals surface area contributed by atoms with E-state index in [0.717, 1.165) is 10.1 Å². The lowest BCUT2D eigenvalue weighted by Gasteiger charge is -2.29. The number of anilines is 1. The summed E-state index contributed by atoms with van der Waals surface area (Å²) in [4.78, 5) is 27.8. The Kier molecular flexibility index (Phi) is 6.71. The number of aliphatic hydroxyl groups excluding tert-OH is 1. The molecule has 0 unspecified atom stereocenters. The number of aliphatic hydroxyl groups is 1. The van der Waals surface area contributed by atoms with Crippen molar-refractivity contribution >= 4 is 23.4 Å². The first-order chi connectivity index (χ1) is 14.3. The number of nitrogens with zero attached hydrogens (tertiary/aromatic N) is 2. The number of carbonyl (C=O) groups excluding carboxylic acids is 1. The van der Waals surface area contributed by atoms with Gasteiger partial charge >= 0.3 is 11.7 Å². The maximum Gasteiger partial charge on any atom is 0.351 e. The van der Waals surface area contributed by atoms with Gasteiger partial charge in [-0.25, -0.2) is 9.18 Å². The lowest BCUT2D eigenvalue weighted by molar-refractivity contribution is -0.163. The topological polar surface area (TPSA) is 143 Å². The minimum Gasteiger partial charge on any atom is -0.461 e. The van der Waals surface area contributed by atoms with Gasteiger partial charge in [-0.15, -0.1) is 11.6 Å². The van der Waals surface area contributed by atoms with E-state index in [4.69, 9.17) is 32.5 Å². The normalized spacial score (nSPS) is 27.0. The molecule has 1 saturated heterocycles. The van der Waals surface area contributed by atoms with Crippen LogP contribution in [0, 0.1) is 0 Å². The number of alkyl halides is 2. The van der Waals surface area contributed by atoms with Crippen LogP contribution in [-0.4, -0.2) is 57.0 Å². The van der Waals surface area contributed by atoms with Gasteiger partial charge in [0.2, 0.25) is 0 Å². The third kappa shape index (κ3) is 4.46. The van der Waals surface area contributed by atoms with Crippen LogP contribution in [0.2, 0.25) is 0 Å². The molecular formula is C19H22ClFN4O5. The Morgan fingerprint density at radius 2 is 2.10 bits per heavy atom. The van der Waals surface area contributed by atoms with Crippen LogP contribution in [0.5, 0.6) is 0 Å². The molecule has 1 aromatic carbocycles. The zero-order valence-corrected chi connectivity index (χ0v) is 16.6. The molecule has 5 N–H and O–H groups in total. The van der Waals surface area contributed by atoms with Crippen LogP contribution in [0.4, 0.5) is 10.2 Å². The fourth-order valence-corrected chi connectivity index (χ4v) is 3.47. The monoisotopic (exact) mass is 440 g/mol. The molecule has 1 aromatic heterocycles. The van der Waals surface area contributed by atoms with E-state index >= 15 is 0 Å². The van der Waals surface area contributed by atoms with Gasteiger partial charge in [0.1, 0.15) is 30.2 Å². The van der Waals surface area contributed by atoms with Crippen molar-refractivity contribution in [3.63, 3.8) is 0 Å². The smallest absolute Gasteiger partial charge is 0.351 e. The van der Waals surface area contributed by atoms with Gasteiger partial charge in [-0.3, -0.25) is 9.36 Å². The quantitative estimate of drug-likeness (QED) is 0.407. The second-order valence-electron chi connectivity index (χ2n) is 7.04. The highest BCUT2D eigenvalue weighted by molar-refractivity contribution is 6.18. The molecule has 0 bridgehead atoms. The Bertz CT molecular complexity index is 946. The maximum atomic E-state index is 14.8. The highest BCUT2D eigenvalue weighted by Gasteiger charge is 2.56. The number of carbonyl (C=O) groups is 1. The summed E-state index contributed by atoms with van der Waals surface area (Å²) in [6.07, 6.45) is -3.87. The van der Waals surface area contributed by atoms with E-state index in [1.807, 2.05) is 30.3 Å². The van der Waals surface area contributed by atoms with Crippen LogP contribution in [0.1, 0.15) is 11.8 Å². The van der Waals surface area contributed by atoms with E-state index in [1.165, 1.54) is 12.3 Å². The molecule has 1 aliphatic rings. The standard InChI is InChI=1S/C19H22ClFN4O5/c20-9-19(10-29-17(27)12(22)8-11-4-2-1-3-5-11)15(26)14(21)16(30-19)25-7-6-13(23)24-18(25)28/h1-7,12,14-16,26H,8-10,22H2,(H2,23,24,28)/t12-,14-,15-,16+,19+/m0/s1. The predicted octanol–water partition coefficient (Wildman–Crippen LogP) is 0.144. The van der Waals surface area contributed by atoms with E-state index in [2.05, 4.69) is 4.98 Å². The summed E-state index contributed by atoms with van der Waals surface area (Å²) in [5, 5.41) is 10.4. The second kappa shape index (κ2) is 9.09. The van der Waals surface area contributed by atoms with Gasteiger partial charge in [-0.2, -0.15) is 4.98 Å². The molecule has 0 spiro atoms. The van der Waals surface area contributed by atoms with E-state index in [9.17, 15) is 19.1 Å². The number of esters is 1. The van der Waals surface area contributed by atoms with Gasteiger partial charge < -0.3 is 26.0 Å². The van der Waals surface area contributed by atoms with Gasteiger partial charge in [0.15, 0.2) is 12.4 Å². The average Bonchev–Trinajstić information content (AvgIpc) is 2.98. The molecule has 1 aliphatic heterocycles. The van der Waals surface area contributed by atoms with Crippen molar-refractivity contribution in [3.8, 4) is 0 Å². The zero-order chi connectivity index (χ0) is 21.9. The molecular weight excluding hydrogens is 419 g/mol. The molecule has 5 atom stereocenters. The lowest BCUT2D eigenvalue weighted by Crippen LogP contribution is -2.49. The summed E-state index contributed by atoms with van der Waals surface area (Å²) in [5.41, 5.74) is 9.53. The molecule has 0 radical (unpaired) electrons. The molecule has 11 heteroatoms. The van der Waals surface area contributed by atoms with Crippen LogP contribution < -0.4 is 17.2 Å². The summed E-state index contributed by atoms with van der Waals surface area (Å²) in [6, 6.07) is 9.40. The molecule has 162 valence electrons. The Labute approximate surface area is 176 Å². The van der Waals surface area contributed by atoms with Crippen molar-refractivity contribution in [2.45, 2.75) is 36.6 Å². The number of aromatic nitrogens is 2. The van der Waals surface area contributed by atoms with Gasteiger partial charge in [-0.1, -0.05) is 30.3 Å². The fraction of sp³-hybridized carbons (Fsp3) is 0.421. The molecule has 30 heavy (non-hydrogen) atoms. The summed E-state index contributed by atoms with van der Waals surface area (Å²) in [6.45, 7) is -0.549. The first-order valence-corrected chi connectivity index (χ1v) is 9.67. The van der Waals surface area contributed by atoms with Crippen LogP contribution in [0.25, 0.3) is 0 Å². The van der Waals surface area contributed by atoms with E-state index < -0.39 is 54.3 Å². The number of nitrogen functional groups attached to an aromatic ring is 1. The third-order valence-corrected chi connectivity index (χ3v) is 5.33. The Hall–Kier alpha value is -2.53.